The number of nitrogens with zero attached hydrogens (tertiary/aromatic N) is 3. The van der Waals surface area contributed by atoms with Gasteiger partial charge in [-0.3, -0.25) is 4.79 Å². The van der Waals surface area contributed by atoms with Crippen LogP contribution in [0.1, 0.15) is 11.1 Å². The van der Waals surface area contributed by atoms with Crippen LogP contribution in [0.15, 0.2) is 73.0 Å². The number of carbonyl (C=O) groups excluding carboxylic acids is 1. The third-order valence-electron chi connectivity index (χ3n) is 4.23. The molecule has 5 nitrogen and oxygen atoms in total. The fourth-order valence-corrected chi connectivity index (χ4v) is 2.72. The Morgan fingerprint density at radius 2 is 1.93 bits per heavy atom. The highest BCUT2D eigenvalue weighted by Gasteiger charge is 2.15. The number of nitriles is 1. The van der Waals surface area contributed by atoms with Crippen molar-refractivity contribution >= 4 is 12.0 Å². The molecule has 0 atom stereocenters. The molecule has 0 aliphatic heterocycles. The van der Waals surface area contributed by atoms with Gasteiger partial charge in [-0.15, -0.1) is 6.58 Å². The van der Waals surface area contributed by atoms with Gasteiger partial charge in [-0.1, -0.05) is 35.9 Å². The summed E-state index contributed by atoms with van der Waals surface area (Å²) >= 11 is 0. The monoisotopic (exact) mass is 386 g/mol. The van der Waals surface area contributed by atoms with Gasteiger partial charge in [0.05, 0.1) is 11.4 Å². The molecule has 3 rings (SSSR count). The zero-order valence-corrected chi connectivity index (χ0v) is 15.9. The maximum Gasteiger partial charge on any atom is 0.262 e. The number of amides is 1. The van der Waals surface area contributed by atoms with E-state index in [4.69, 9.17) is 0 Å². The number of benzene rings is 2. The Bertz CT molecular complexity index is 1100. The first-order valence-corrected chi connectivity index (χ1v) is 8.95. The number of nitrogens with one attached hydrogen (secondary N) is 1. The van der Waals surface area contributed by atoms with E-state index in [9.17, 15) is 14.4 Å². The van der Waals surface area contributed by atoms with Gasteiger partial charge in [-0.2, -0.15) is 10.4 Å². The third kappa shape index (κ3) is 4.66. The smallest absolute Gasteiger partial charge is 0.262 e. The maximum absolute atomic E-state index is 13.3. The van der Waals surface area contributed by atoms with Crippen LogP contribution in [0.4, 0.5) is 4.39 Å². The van der Waals surface area contributed by atoms with Gasteiger partial charge < -0.3 is 5.32 Å². The van der Waals surface area contributed by atoms with Crippen molar-refractivity contribution in [1.82, 2.24) is 15.1 Å². The van der Waals surface area contributed by atoms with Gasteiger partial charge in [0.15, 0.2) is 0 Å². The van der Waals surface area contributed by atoms with Gasteiger partial charge in [-0.05, 0) is 37.3 Å². The number of hydrogen-bond donors (Lipinski definition) is 1. The van der Waals surface area contributed by atoms with E-state index in [-0.39, 0.29) is 17.9 Å². The topological polar surface area (TPSA) is 70.7 Å². The van der Waals surface area contributed by atoms with Crippen LogP contribution in [-0.4, -0.2) is 22.2 Å². The Morgan fingerprint density at radius 3 is 2.55 bits per heavy atom. The van der Waals surface area contributed by atoms with Gasteiger partial charge in [0.1, 0.15) is 17.5 Å². The average Bonchev–Trinajstić information content (AvgIpc) is 3.15. The largest absolute Gasteiger partial charge is 0.348 e. The van der Waals surface area contributed by atoms with E-state index >= 15 is 0 Å². The van der Waals surface area contributed by atoms with Crippen LogP contribution in [0.3, 0.4) is 0 Å². The molecule has 0 aliphatic carbocycles. The summed E-state index contributed by atoms with van der Waals surface area (Å²) in [6.07, 6.45) is 4.75. The average molecular weight is 386 g/mol. The second-order valence-corrected chi connectivity index (χ2v) is 6.39. The molecule has 1 heterocycles. The predicted octanol–water partition coefficient (Wildman–Crippen LogP) is 4.20. The summed E-state index contributed by atoms with van der Waals surface area (Å²) in [6, 6.07) is 15.6. The molecule has 0 bridgehead atoms. The van der Waals surface area contributed by atoms with Crippen molar-refractivity contribution < 1.29 is 9.18 Å². The molecule has 29 heavy (non-hydrogen) atoms. The number of carbonyl (C=O) groups is 1. The lowest BCUT2D eigenvalue weighted by Crippen LogP contribution is -2.24. The minimum Gasteiger partial charge on any atom is -0.348 e. The number of rotatable bonds is 6. The van der Waals surface area contributed by atoms with E-state index in [0.29, 0.717) is 16.9 Å². The summed E-state index contributed by atoms with van der Waals surface area (Å²) < 4.78 is 14.9. The molecule has 0 spiro atoms. The van der Waals surface area contributed by atoms with Crippen molar-refractivity contribution in [3.05, 3.63) is 89.9 Å². The van der Waals surface area contributed by atoms with Crippen molar-refractivity contribution in [3.63, 3.8) is 0 Å². The predicted molar refractivity (Wildman–Crippen MR) is 110 cm³/mol. The summed E-state index contributed by atoms with van der Waals surface area (Å²) in [5.41, 5.74) is 3.77. The molecule has 1 amide bonds. The van der Waals surface area contributed by atoms with Gasteiger partial charge in [-0.25, -0.2) is 9.07 Å². The highest BCUT2D eigenvalue weighted by atomic mass is 19.1. The van der Waals surface area contributed by atoms with E-state index in [1.807, 2.05) is 37.3 Å². The molecule has 1 N–H and O–H groups in total. The Labute approximate surface area is 168 Å². The zero-order valence-electron chi connectivity index (χ0n) is 15.9. The fraction of sp³-hybridized carbons (Fsp3) is 0.0870. The van der Waals surface area contributed by atoms with Crippen LogP contribution in [0.2, 0.25) is 0 Å². The summed E-state index contributed by atoms with van der Waals surface area (Å²) in [4.78, 5) is 12.2. The number of aryl methyl sites for hydroxylation is 1. The number of aromatic nitrogens is 2. The van der Waals surface area contributed by atoms with Crippen molar-refractivity contribution in [2.45, 2.75) is 6.92 Å². The first-order valence-electron chi connectivity index (χ1n) is 8.95. The summed E-state index contributed by atoms with van der Waals surface area (Å²) in [5.74, 6) is -0.831. The standard InChI is InChI=1S/C23H19FN4O/c1-3-12-26-23(29)18(14-25)13-19-15-28(21-10-8-20(24)9-11-21)27-22(19)17-6-4-16(2)5-7-17/h3-11,13,15H,1,12H2,2H3,(H,26,29)/b18-13+. The molecule has 6 heteroatoms. The van der Waals surface area contributed by atoms with Crippen LogP contribution in [0.25, 0.3) is 23.0 Å². The highest BCUT2D eigenvalue weighted by Crippen LogP contribution is 2.26. The second-order valence-electron chi connectivity index (χ2n) is 6.39. The Hall–Kier alpha value is -3.98. The van der Waals surface area contributed by atoms with Crippen LogP contribution in [0.5, 0.6) is 0 Å². The molecule has 0 saturated heterocycles. The quantitative estimate of drug-likeness (QED) is 0.392. The van der Waals surface area contributed by atoms with E-state index in [1.54, 1.807) is 23.0 Å². The van der Waals surface area contributed by atoms with Gasteiger partial charge >= 0.3 is 0 Å². The van der Waals surface area contributed by atoms with Gasteiger partial charge in [0.2, 0.25) is 0 Å². The molecule has 0 saturated carbocycles. The minimum atomic E-state index is -0.489. The lowest BCUT2D eigenvalue weighted by Gasteiger charge is -2.02. The Morgan fingerprint density at radius 1 is 1.24 bits per heavy atom. The zero-order chi connectivity index (χ0) is 20.8. The molecule has 0 aliphatic rings. The Balaban J connectivity index is 2.10. The van der Waals surface area contributed by atoms with Gasteiger partial charge in [0, 0.05) is 23.9 Å². The number of hydrogen-bond acceptors (Lipinski definition) is 3. The van der Waals surface area contributed by atoms with Crippen LogP contribution < -0.4 is 5.32 Å². The summed E-state index contributed by atoms with van der Waals surface area (Å²) in [6.45, 7) is 5.80. The van der Waals surface area contributed by atoms with E-state index in [2.05, 4.69) is 17.0 Å². The third-order valence-corrected chi connectivity index (χ3v) is 4.23. The van der Waals surface area contributed by atoms with E-state index in [0.717, 1.165) is 11.1 Å². The van der Waals surface area contributed by atoms with Crippen LogP contribution in [0, 0.1) is 24.1 Å². The molecular weight excluding hydrogens is 367 g/mol. The van der Waals surface area contributed by atoms with Crippen molar-refractivity contribution in [3.8, 4) is 23.0 Å². The molecule has 0 fully saturated rings. The summed E-state index contributed by atoms with van der Waals surface area (Å²) in [5, 5.41) is 16.6. The lowest BCUT2D eigenvalue weighted by molar-refractivity contribution is -0.116. The molecule has 3 aromatic rings. The van der Waals surface area contributed by atoms with Crippen molar-refractivity contribution in [2.75, 3.05) is 6.54 Å². The first-order chi connectivity index (χ1) is 14.0. The Kier molecular flexibility index (Phi) is 6.00. The molecule has 144 valence electrons. The SMILES string of the molecule is C=CCNC(=O)/C(C#N)=C/c1cn(-c2ccc(F)cc2)nc1-c1ccc(C)cc1. The maximum atomic E-state index is 13.3. The molecule has 0 radical (unpaired) electrons. The fourth-order valence-electron chi connectivity index (χ4n) is 2.72. The lowest BCUT2D eigenvalue weighted by atomic mass is 10.0. The number of halogens is 1. The summed E-state index contributed by atoms with van der Waals surface area (Å²) in [7, 11) is 0. The van der Waals surface area contributed by atoms with Crippen LogP contribution in [-0.2, 0) is 4.79 Å². The molecule has 1 aromatic heterocycles. The first kappa shape index (κ1) is 19.8. The van der Waals surface area contributed by atoms with Crippen molar-refractivity contribution in [2.24, 2.45) is 0 Å². The highest BCUT2D eigenvalue weighted by molar-refractivity contribution is 6.02. The minimum absolute atomic E-state index is 0.0427. The molecule has 2 aromatic carbocycles. The molecular formula is C23H19FN4O. The normalized spacial score (nSPS) is 11.0. The van der Waals surface area contributed by atoms with E-state index in [1.165, 1.54) is 24.3 Å². The van der Waals surface area contributed by atoms with E-state index < -0.39 is 5.91 Å². The van der Waals surface area contributed by atoms with Gasteiger partial charge in [0.25, 0.3) is 5.91 Å². The second kappa shape index (κ2) is 8.81. The molecule has 0 unspecified atom stereocenters. The van der Waals surface area contributed by atoms with Crippen LogP contribution >= 0.6 is 0 Å². The van der Waals surface area contributed by atoms with Crippen molar-refractivity contribution in [1.29, 1.82) is 5.26 Å².